The van der Waals surface area contributed by atoms with Crippen LogP contribution in [0.25, 0.3) is 11.3 Å². The van der Waals surface area contributed by atoms with Crippen molar-refractivity contribution in [2.24, 2.45) is 0 Å². The van der Waals surface area contributed by atoms with Crippen molar-refractivity contribution in [2.45, 2.75) is 39.0 Å². The summed E-state index contributed by atoms with van der Waals surface area (Å²) in [5.74, 6) is 0.156. The monoisotopic (exact) mass is 374 g/mol. The molecule has 3 rings (SSSR count). The summed E-state index contributed by atoms with van der Waals surface area (Å²) < 4.78 is 5.10. The number of methoxy groups -OCH3 is 1. The molecule has 0 aliphatic carbocycles. The fourth-order valence-corrected chi connectivity index (χ4v) is 3.54. The zero-order chi connectivity index (χ0) is 19.9. The maximum absolute atomic E-state index is 12.5. The van der Waals surface area contributed by atoms with Crippen molar-refractivity contribution in [3.05, 3.63) is 83.3 Å². The molecule has 0 amide bonds. The number of esters is 1. The lowest BCUT2D eigenvalue weighted by atomic mass is 9.89. The van der Waals surface area contributed by atoms with E-state index in [1.807, 2.05) is 55.5 Å². The second kappa shape index (κ2) is 9.27. The molecular weight excluding hydrogens is 348 g/mol. The predicted molar refractivity (Wildman–Crippen MR) is 111 cm³/mol. The van der Waals surface area contributed by atoms with Crippen LogP contribution >= 0.6 is 0 Å². The molecule has 0 N–H and O–H groups in total. The highest BCUT2D eigenvalue weighted by atomic mass is 16.5. The topological polar surface area (TPSA) is 52.1 Å². The first kappa shape index (κ1) is 19.7. The van der Waals surface area contributed by atoms with Gasteiger partial charge in [0.25, 0.3) is 0 Å². The molecule has 28 heavy (non-hydrogen) atoms. The highest BCUT2D eigenvalue weighted by Crippen LogP contribution is 2.33. The van der Waals surface area contributed by atoms with Crippen LogP contribution in [0.4, 0.5) is 0 Å². The second-order valence-electron chi connectivity index (χ2n) is 6.88. The molecule has 1 atom stereocenters. The molecule has 0 bridgehead atoms. The molecule has 0 radical (unpaired) electrons. The number of carbonyl (C=O) groups excluding carboxylic acids is 1. The molecule has 0 aliphatic heterocycles. The van der Waals surface area contributed by atoms with Crippen molar-refractivity contribution >= 4 is 5.97 Å². The third kappa shape index (κ3) is 4.45. The highest BCUT2D eigenvalue weighted by molar-refractivity contribution is 5.82. The second-order valence-corrected chi connectivity index (χ2v) is 6.88. The van der Waals surface area contributed by atoms with E-state index in [2.05, 4.69) is 19.1 Å². The minimum atomic E-state index is -0.365. The Labute approximate surface area is 166 Å². The number of rotatable bonds is 7. The van der Waals surface area contributed by atoms with Gasteiger partial charge in [0.2, 0.25) is 0 Å². The van der Waals surface area contributed by atoms with Crippen LogP contribution in [0.1, 0.15) is 48.3 Å². The van der Waals surface area contributed by atoms with E-state index in [1.54, 1.807) is 0 Å². The molecule has 1 heterocycles. The summed E-state index contributed by atoms with van der Waals surface area (Å²) in [6.07, 6.45) is 2.23. The van der Waals surface area contributed by atoms with Crippen LogP contribution in [0.5, 0.6) is 0 Å². The molecule has 2 aromatic carbocycles. The molecule has 1 aromatic heterocycles. The average Bonchev–Trinajstić information content (AvgIpc) is 2.73. The summed E-state index contributed by atoms with van der Waals surface area (Å²) in [6.45, 7) is 4.03. The zero-order valence-electron chi connectivity index (χ0n) is 16.7. The van der Waals surface area contributed by atoms with Crippen LogP contribution in [-0.4, -0.2) is 23.0 Å². The van der Waals surface area contributed by atoms with Gasteiger partial charge in [0.05, 0.1) is 18.7 Å². The molecule has 1 unspecified atom stereocenters. The number of hydrogen-bond acceptors (Lipinski definition) is 4. The van der Waals surface area contributed by atoms with Crippen LogP contribution in [0.3, 0.4) is 0 Å². The van der Waals surface area contributed by atoms with Gasteiger partial charge in [-0.25, -0.2) is 9.97 Å². The van der Waals surface area contributed by atoms with E-state index in [-0.39, 0.29) is 11.9 Å². The van der Waals surface area contributed by atoms with Crippen molar-refractivity contribution in [3.8, 4) is 11.3 Å². The molecule has 0 aliphatic rings. The Morgan fingerprint density at radius 1 is 1.00 bits per heavy atom. The van der Waals surface area contributed by atoms with Gasteiger partial charge >= 0.3 is 5.97 Å². The van der Waals surface area contributed by atoms with Crippen molar-refractivity contribution in [1.82, 2.24) is 9.97 Å². The van der Waals surface area contributed by atoms with Gasteiger partial charge in [0, 0.05) is 23.2 Å². The molecular formula is C24H26N2O2. The number of ether oxygens (including phenoxy) is 1. The van der Waals surface area contributed by atoms with E-state index in [1.165, 1.54) is 7.11 Å². The van der Waals surface area contributed by atoms with Crippen molar-refractivity contribution < 1.29 is 9.53 Å². The number of carbonyl (C=O) groups is 1. The normalized spacial score (nSPS) is 11.8. The molecule has 0 spiro atoms. The number of benzene rings is 2. The maximum atomic E-state index is 12.5. The van der Waals surface area contributed by atoms with Gasteiger partial charge in [0.15, 0.2) is 0 Å². The summed E-state index contributed by atoms with van der Waals surface area (Å²) in [7, 11) is 1.44. The quantitative estimate of drug-likeness (QED) is 0.540. The first-order valence-electron chi connectivity index (χ1n) is 9.68. The number of aryl methyl sites for hydroxylation is 1. The van der Waals surface area contributed by atoms with E-state index in [9.17, 15) is 4.79 Å². The van der Waals surface area contributed by atoms with E-state index < -0.39 is 0 Å². The molecule has 4 heteroatoms. The number of nitrogens with zero attached hydrogens (tertiary/aromatic N) is 2. The zero-order valence-corrected chi connectivity index (χ0v) is 16.7. The summed E-state index contributed by atoms with van der Waals surface area (Å²) in [5, 5.41) is 0. The fourth-order valence-electron chi connectivity index (χ4n) is 3.54. The van der Waals surface area contributed by atoms with Crippen molar-refractivity contribution in [1.29, 1.82) is 0 Å². The van der Waals surface area contributed by atoms with Crippen LogP contribution in [0.15, 0.2) is 60.7 Å². The lowest BCUT2D eigenvalue weighted by Crippen LogP contribution is -2.18. The van der Waals surface area contributed by atoms with Gasteiger partial charge in [0.1, 0.15) is 5.82 Å². The van der Waals surface area contributed by atoms with Gasteiger partial charge in [-0.05, 0) is 18.9 Å². The lowest BCUT2D eigenvalue weighted by Gasteiger charge is -2.20. The smallest absolute Gasteiger partial charge is 0.313 e. The Hall–Kier alpha value is -3.01. The van der Waals surface area contributed by atoms with Gasteiger partial charge in [-0.3, -0.25) is 4.79 Å². The average molecular weight is 374 g/mol. The maximum Gasteiger partial charge on any atom is 0.313 e. The summed E-state index contributed by atoms with van der Waals surface area (Å²) in [5.41, 5.74) is 4.68. The van der Waals surface area contributed by atoms with Crippen LogP contribution in [-0.2, 0) is 16.0 Å². The summed E-state index contributed by atoms with van der Waals surface area (Å²) >= 11 is 0. The Kier molecular flexibility index (Phi) is 6.53. The standard InChI is InChI=1S/C24H26N2O2/c1-4-11-20(24(27)28-3)22-17(2)25-21(16-18-12-7-5-8-13-18)26-23(22)19-14-9-6-10-15-19/h5-10,12-15,20H,4,11,16H2,1-3H3. The Bertz CT molecular complexity index is 924. The van der Waals surface area contributed by atoms with Gasteiger partial charge in [-0.1, -0.05) is 74.0 Å². The highest BCUT2D eigenvalue weighted by Gasteiger charge is 2.28. The number of aromatic nitrogens is 2. The van der Waals surface area contributed by atoms with Crippen LogP contribution in [0.2, 0.25) is 0 Å². The minimum absolute atomic E-state index is 0.235. The molecule has 4 nitrogen and oxygen atoms in total. The molecule has 0 saturated heterocycles. The van der Waals surface area contributed by atoms with E-state index in [0.29, 0.717) is 12.8 Å². The van der Waals surface area contributed by atoms with Gasteiger partial charge < -0.3 is 4.74 Å². The van der Waals surface area contributed by atoms with Crippen molar-refractivity contribution in [3.63, 3.8) is 0 Å². The van der Waals surface area contributed by atoms with Crippen LogP contribution in [0, 0.1) is 6.92 Å². The summed E-state index contributed by atoms with van der Waals surface area (Å²) in [4.78, 5) is 22.2. The largest absolute Gasteiger partial charge is 0.469 e. The van der Waals surface area contributed by atoms with E-state index in [0.717, 1.165) is 40.3 Å². The van der Waals surface area contributed by atoms with Gasteiger partial charge in [-0.15, -0.1) is 0 Å². The van der Waals surface area contributed by atoms with E-state index in [4.69, 9.17) is 14.7 Å². The van der Waals surface area contributed by atoms with Crippen molar-refractivity contribution in [2.75, 3.05) is 7.11 Å². The molecule has 0 fully saturated rings. The molecule has 0 saturated carbocycles. The molecule has 3 aromatic rings. The lowest BCUT2D eigenvalue weighted by molar-refractivity contribution is -0.142. The SMILES string of the molecule is CCCC(C(=O)OC)c1c(C)nc(Cc2ccccc2)nc1-c1ccccc1. The minimum Gasteiger partial charge on any atom is -0.469 e. The first-order valence-corrected chi connectivity index (χ1v) is 9.68. The summed E-state index contributed by atoms with van der Waals surface area (Å²) in [6, 6.07) is 20.2. The first-order chi connectivity index (χ1) is 13.6. The van der Waals surface area contributed by atoms with Gasteiger partial charge in [-0.2, -0.15) is 0 Å². The number of hydrogen-bond donors (Lipinski definition) is 0. The van der Waals surface area contributed by atoms with Crippen LogP contribution < -0.4 is 0 Å². The predicted octanol–water partition coefficient (Wildman–Crippen LogP) is 5.10. The Morgan fingerprint density at radius 2 is 1.64 bits per heavy atom. The third-order valence-corrected chi connectivity index (χ3v) is 4.85. The Morgan fingerprint density at radius 3 is 2.25 bits per heavy atom. The Balaban J connectivity index is 2.14. The third-order valence-electron chi connectivity index (χ3n) is 4.85. The van der Waals surface area contributed by atoms with E-state index >= 15 is 0 Å². The molecule has 144 valence electrons. The fraction of sp³-hybridized carbons (Fsp3) is 0.292.